The molecule has 0 aliphatic carbocycles. The van der Waals surface area contributed by atoms with Crippen LogP contribution in [0.2, 0.25) is 0 Å². The van der Waals surface area contributed by atoms with Crippen molar-refractivity contribution in [3.8, 4) is 5.75 Å². The summed E-state index contributed by atoms with van der Waals surface area (Å²) in [7, 11) is 1.69. The first-order valence-corrected chi connectivity index (χ1v) is 5.09. The van der Waals surface area contributed by atoms with Gasteiger partial charge in [-0.2, -0.15) is 0 Å². The van der Waals surface area contributed by atoms with Gasteiger partial charge in [-0.1, -0.05) is 22.0 Å². The van der Waals surface area contributed by atoms with Crippen molar-refractivity contribution in [2.45, 2.75) is 12.8 Å². The van der Waals surface area contributed by atoms with Crippen molar-refractivity contribution < 1.29 is 4.74 Å². The summed E-state index contributed by atoms with van der Waals surface area (Å²) in [5.74, 6) is 0.933. The number of benzene rings is 1. The summed E-state index contributed by atoms with van der Waals surface area (Å²) < 4.78 is 6.29. The lowest BCUT2D eigenvalue weighted by Crippen LogP contribution is -2.01. The SMILES string of the molecule is COc1cc(Br)ccc1CCCN. The minimum atomic E-state index is 0.721. The van der Waals surface area contributed by atoms with E-state index in [1.54, 1.807) is 7.11 Å². The molecule has 0 spiro atoms. The summed E-state index contributed by atoms with van der Waals surface area (Å²) in [6.07, 6.45) is 1.98. The van der Waals surface area contributed by atoms with Gasteiger partial charge in [0.15, 0.2) is 0 Å². The number of rotatable bonds is 4. The van der Waals surface area contributed by atoms with E-state index in [4.69, 9.17) is 10.5 Å². The molecule has 0 saturated carbocycles. The monoisotopic (exact) mass is 243 g/mol. The lowest BCUT2D eigenvalue weighted by atomic mass is 10.1. The molecule has 2 nitrogen and oxygen atoms in total. The summed E-state index contributed by atoms with van der Waals surface area (Å²) in [6, 6.07) is 6.07. The van der Waals surface area contributed by atoms with Crippen molar-refractivity contribution in [1.29, 1.82) is 0 Å². The molecule has 1 rings (SSSR count). The fourth-order valence-corrected chi connectivity index (χ4v) is 1.56. The number of ether oxygens (including phenoxy) is 1. The van der Waals surface area contributed by atoms with Crippen molar-refractivity contribution in [1.82, 2.24) is 0 Å². The Labute approximate surface area is 87.2 Å². The van der Waals surface area contributed by atoms with E-state index in [9.17, 15) is 0 Å². The first kappa shape index (κ1) is 10.5. The number of methoxy groups -OCH3 is 1. The molecule has 1 aromatic rings. The average Bonchev–Trinajstić information content (AvgIpc) is 2.16. The van der Waals surface area contributed by atoms with E-state index in [-0.39, 0.29) is 0 Å². The molecule has 0 aromatic heterocycles. The smallest absolute Gasteiger partial charge is 0.123 e. The van der Waals surface area contributed by atoms with E-state index < -0.39 is 0 Å². The van der Waals surface area contributed by atoms with E-state index in [2.05, 4.69) is 22.0 Å². The molecule has 0 unspecified atom stereocenters. The Morgan fingerprint density at radius 1 is 1.46 bits per heavy atom. The maximum absolute atomic E-state index is 5.45. The van der Waals surface area contributed by atoms with Gasteiger partial charge in [-0.05, 0) is 37.1 Å². The first-order chi connectivity index (χ1) is 6.27. The van der Waals surface area contributed by atoms with Gasteiger partial charge in [0.2, 0.25) is 0 Å². The predicted molar refractivity (Wildman–Crippen MR) is 58.1 cm³/mol. The largest absolute Gasteiger partial charge is 0.496 e. The number of hydrogen-bond acceptors (Lipinski definition) is 2. The lowest BCUT2D eigenvalue weighted by Gasteiger charge is -2.07. The van der Waals surface area contributed by atoms with Crippen LogP contribution in [0, 0.1) is 0 Å². The molecule has 0 heterocycles. The van der Waals surface area contributed by atoms with E-state index in [0.717, 1.165) is 29.6 Å². The highest BCUT2D eigenvalue weighted by Crippen LogP contribution is 2.24. The second-order valence-electron chi connectivity index (χ2n) is 2.85. The Balaban J connectivity index is 2.79. The van der Waals surface area contributed by atoms with Crippen LogP contribution < -0.4 is 10.5 Å². The van der Waals surface area contributed by atoms with Crippen molar-refractivity contribution in [3.63, 3.8) is 0 Å². The molecular formula is C10H14BrNO. The van der Waals surface area contributed by atoms with Crippen LogP contribution in [0.4, 0.5) is 0 Å². The number of hydrogen-bond donors (Lipinski definition) is 1. The van der Waals surface area contributed by atoms with Crippen LogP contribution >= 0.6 is 15.9 Å². The minimum absolute atomic E-state index is 0.721. The molecule has 0 bridgehead atoms. The van der Waals surface area contributed by atoms with E-state index in [0.29, 0.717) is 0 Å². The Morgan fingerprint density at radius 3 is 2.85 bits per heavy atom. The van der Waals surface area contributed by atoms with Gasteiger partial charge in [0.1, 0.15) is 5.75 Å². The zero-order valence-electron chi connectivity index (χ0n) is 7.72. The second kappa shape index (κ2) is 5.25. The van der Waals surface area contributed by atoms with Gasteiger partial charge >= 0.3 is 0 Å². The number of aryl methyl sites for hydroxylation is 1. The third-order valence-corrected chi connectivity index (χ3v) is 2.39. The normalized spacial score (nSPS) is 10.1. The molecule has 0 aliphatic rings. The van der Waals surface area contributed by atoms with E-state index in [1.807, 2.05) is 12.1 Å². The van der Waals surface area contributed by atoms with Gasteiger partial charge in [0, 0.05) is 4.47 Å². The van der Waals surface area contributed by atoms with Gasteiger partial charge in [0.25, 0.3) is 0 Å². The molecular weight excluding hydrogens is 230 g/mol. The molecule has 0 radical (unpaired) electrons. The first-order valence-electron chi connectivity index (χ1n) is 4.30. The van der Waals surface area contributed by atoms with Gasteiger partial charge in [-0.3, -0.25) is 0 Å². The fourth-order valence-electron chi connectivity index (χ4n) is 1.22. The highest BCUT2D eigenvalue weighted by Gasteiger charge is 2.02. The minimum Gasteiger partial charge on any atom is -0.496 e. The predicted octanol–water partition coefficient (Wildman–Crippen LogP) is 2.35. The number of nitrogens with two attached hydrogens (primary N) is 1. The van der Waals surface area contributed by atoms with Crippen LogP contribution in [0.1, 0.15) is 12.0 Å². The molecule has 0 amide bonds. The summed E-state index contributed by atoms with van der Waals surface area (Å²) >= 11 is 3.40. The van der Waals surface area contributed by atoms with Gasteiger partial charge in [-0.15, -0.1) is 0 Å². The zero-order valence-corrected chi connectivity index (χ0v) is 9.30. The maximum Gasteiger partial charge on any atom is 0.123 e. The van der Waals surface area contributed by atoms with Gasteiger partial charge < -0.3 is 10.5 Å². The van der Waals surface area contributed by atoms with E-state index in [1.165, 1.54) is 5.56 Å². The van der Waals surface area contributed by atoms with Crippen molar-refractivity contribution in [2.75, 3.05) is 13.7 Å². The van der Waals surface area contributed by atoms with Crippen molar-refractivity contribution in [2.24, 2.45) is 5.73 Å². The van der Waals surface area contributed by atoms with Crippen LogP contribution in [-0.4, -0.2) is 13.7 Å². The molecule has 0 aliphatic heterocycles. The fraction of sp³-hybridized carbons (Fsp3) is 0.400. The van der Waals surface area contributed by atoms with Crippen molar-refractivity contribution >= 4 is 15.9 Å². The van der Waals surface area contributed by atoms with Crippen LogP contribution in [0.15, 0.2) is 22.7 Å². The van der Waals surface area contributed by atoms with Crippen LogP contribution in [0.5, 0.6) is 5.75 Å². The van der Waals surface area contributed by atoms with Crippen LogP contribution in [-0.2, 0) is 6.42 Å². The van der Waals surface area contributed by atoms with Gasteiger partial charge in [-0.25, -0.2) is 0 Å². The molecule has 13 heavy (non-hydrogen) atoms. The Bertz CT molecular complexity index is 276. The molecule has 3 heteroatoms. The summed E-state index contributed by atoms with van der Waals surface area (Å²) in [5, 5.41) is 0. The third kappa shape index (κ3) is 3.01. The highest BCUT2D eigenvalue weighted by atomic mass is 79.9. The Kier molecular flexibility index (Phi) is 4.25. The van der Waals surface area contributed by atoms with E-state index >= 15 is 0 Å². The zero-order chi connectivity index (χ0) is 9.68. The Morgan fingerprint density at radius 2 is 2.23 bits per heavy atom. The van der Waals surface area contributed by atoms with Gasteiger partial charge in [0.05, 0.1) is 7.11 Å². The Hall–Kier alpha value is -0.540. The molecule has 0 atom stereocenters. The molecule has 2 N–H and O–H groups in total. The molecule has 0 saturated heterocycles. The standard InChI is InChI=1S/C10H14BrNO/c1-13-10-7-9(11)5-4-8(10)3-2-6-12/h4-5,7H,2-3,6,12H2,1H3. The van der Waals surface area contributed by atoms with Crippen LogP contribution in [0.25, 0.3) is 0 Å². The van der Waals surface area contributed by atoms with Crippen molar-refractivity contribution in [3.05, 3.63) is 28.2 Å². The average molecular weight is 244 g/mol. The summed E-state index contributed by atoms with van der Waals surface area (Å²) in [5.41, 5.74) is 6.67. The topological polar surface area (TPSA) is 35.2 Å². The summed E-state index contributed by atoms with van der Waals surface area (Å²) in [4.78, 5) is 0. The molecule has 1 aromatic carbocycles. The maximum atomic E-state index is 5.45. The quantitative estimate of drug-likeness (QED) is 0.882. The summed E-state index contributed by atoms with van der Waals surface area (Å²) in [6.45, 7) is 0.721. The molecule has 0 fully saturated rings. The lowest BCUT2D eigenvalue weighted by molar-refractivity contribution is 0.409. The van der Waals surface area contributed by atoms with Crippen LogP contribution in [0.3, 0.4) is 0 Å². The number of halogens is 1. The molecule has 72 valence electrons. The third-order valence-electron chi connectivity index (χ3n) is 1.90. The highest BCUT2D eigenvalue weighted by molar-refractivity contribution is 9.10. The second-order valence-corrected chi connectivity index (χ2v) is 3.76.